The fraction of sp³-hybridized carbons (Fsp3) is 0.200. The number of hydrogen-bond donors (Lipinski definition) is 0. The van der Waals surface area contributed by atoms with Crippen LogP contribution in [0.2, 0.25) is 0 Å². The Hall–Kier alpha value is -4.00. The van der Waals surface area contributed by atoms with Crippen LogP contribution in [0.1, 0.15) is 15.9 Å². The Morgan fingerprint density at radius 1 is 0.906 bits per heavy atom. The quantitative estimate of drug-likeness (QED) is 0.499. The molecule has 0 atom stereocenters. The summed E-state index contributed by atoms with van der Waals surface area (Å²) in [7, 11) is 0. The Bertz CT molecular complexity index is 1330. The predicted molar refractivity (Wildman–Crippen MR) is 123 cm³/mol. The molecule has 0 aliphatic carbocycles. The minimum absolute atomic E-state index is 0.120. The molecule has 0 unspecified atom stereocenters. The van der Waals surface area contributed by atoms with Crippen LogP contribution in [-0.4, -0.2) is 47.0 Å². The lowest BCUT2D eigenvalue weighted by Gasteiger charge is -2.34. The highest BCUT2D eigenvalue weighted by atomic mass is 16.3. The van der Waals surface area contributed by atoms with Gasteiger partial charge in [0.05, 0.1) is 10.9 Å². The number of fused-ring (bicyclic) bond motifs is 1. The Morgan fingerprint density at radius 3 is 2.34 bits per heavy atom. The monoisotopic (exact) mass is 426 g/mol. The maximum absolute atomic E-state index is 13.4. The van der Waals surface area contributed by atoms with Crippen LogP contribution < -0.4 is 10.3 Å². The third kappa shape index (κ3) is 3.51. The van der Waals surface area contributed by atoms with Gasteiger partial charge in [0, 0.05) is 49.7 Å². The van der Waals surface area contributed by atoms with Crippen LogP contribution in [0.3, 0.4) is 0 Å². The van der Waals surface area contributed by atoms with Crippen molar-refractivity contribution in [2.24, 2.45) is 0 Å². The van der Waals surface area contributed by atoms with E-state index in [1.54, 1.807) is 48.5 Å². The highest BCUT2D eigenvalue weighted by molar-refractivity contribution is 6.05. The molecule has 0 bridgehead atoms. The van der Waals surface area contributed by atoms with Gasteiger partial charge in [-0.25, -0.2) is 9.97 Å². The molecule has 0 N–H and O–H groups in total. The molecule has 1 aliphatic rings. The minimum atomic E-state index is -0.143. The van der Waals surface area contributed by atoms with Crippen molar-refractivity contribution in [1.82, 2.24) is 14.9 Å². The van der Waals surface area contributed by atoms with Gasteiger partial charge in [-0.15, -0.1) is 0 Å². The number of carbonyl (C=O) groups excluding carboxylic acids is 1. The largest absolute Gasteiger partial charge is 0.455 e. The summed E-state index contributed by atoms with van der Waals surface area (Å²) < 4.78 is 6.22. The number of carbonyl (C=O) groups is 1. The summed E-state index contributed by atoms with van der Waals surface area (Å²) in [5.41, 5.74) is 1.96. The molecule has 0 spiro atoms. The van der Waals surface area contributed by atoms with Crippen LogP contribution in [0.15, 0.2) is 76.2 Å². The van der Waals surface area contributed by atoms with Gasteiger partial charge >= 0.3 is 0 Å². The molecule has 32 heavy (non-hydrogen) atoms. The lowest BCUT2D eigenvalue weighted by Crippen LogP contribution is -2.49. The summed E-state index contributed by atoms with van der Waals surface area (Å²) >= 11 is 0. The number of nitrogens with zero attached hydrogens (tertiary/aromatic N) is 4. The van der Waals surface area contributed by atoms with Crippen LogP contribution in [0.4, 0.5) is 5.95 Å². The maximum Gasteiger partial charge on any atom is 0.257 e. The van der Waals surface area contributed by atoms with Gasteiger partial charge in [-0.05, 0) is 25.1 Å². The first-order valence-electron chi connectivity index (χ1n) is 10.6. The molecule has 3 heterocycles. The smallest absolute Gasteiger partial charge is 0.257 e. The molecule has 0 radical (unpaired) electrons. The summed E-state index contributed by atoms with van der Waals surface area (Å²) in [6.07, 6.45) is 3.43. The molecule has 1 fully saturated rings. The molecule has 1 saturated heterocycles. The lowest BCUT2D eigenvalue weighted by atomic mass is 10.0. The van der Waals surface area contributed by atoms with Crippen LogP contribution in [-0.2, 0) is 0 Å². The molecule has 4 aromatic rings. The second-order valence-electron chi connectivity index (χ2n) is 7.76. The molecule has 2 aromatic carbocycles. The molecule has 5 rings (SSSR count). The van der Waals surface area contributed by atoms with E-state index in [1.165, 1.54) is 0 Å². The molecular weight excluding hydrogens is 404 g/mol. The number of piperazine rings is 1. The first-order chi connectivity index (χ1) is 15.6. The molecule has 2 aromatic heterocycles. The van der Waals surface area contributed by atoms with Crippen molar-refractivity contribution >= 4 is 22.8 Å². The van der Waals surface area contributed by atoms with Gasteiger partial charge in [-0.1, -0.05) is 36.4 Å². The summed E-state index contributed by atoms with van der Waals surface area (Å²) in [5, 5.41) is 0.421. The van der Waals surface area contributed by atoms with Gasteiger partial charge < -0.3 is 14.2 Å². The zero-order valence-electron chi connectivity index (χ0n) is 17.7. The van der Waals surface area contributed by atoms with Crippen LogP contribution in [0.25, 0.3) is 22.3 Å². The topological polar surface area (TPSA) is 79.5 Å². The fourth-order valence-corrected chi connectivity index (χ4v) is 4.08. The fourth-order valence-electron chi connectivity index (χ4n) is 4.08. The van der Waals surface area contributed by atoms with Crippen molar-refractivity contribution in [2.75, 3.05) is 31.1 Å². The van der Waals surface area contributed by atoms with Crippen LogP contribution in [0, 0.1) is 6.92 Å². The Kier molecular flexibility index (Phi) is 5.15. The number of hydrogen-bond acceptors (Lipinski definition) is 6. The molecule has 7 nitrogen and oxygen atoms in total. The van der Waals surface area contributed by atoms with E-state index in [1.807, 2.05) is 30.3 Å². The molecule has 0 saturated carbocycles. The van der Waals surface area contributed by atoms with E-state index >= 15 is 0 Å². The summed E-state index contributed by atoms with van der Waals surface area (Å²) in [5.74, 6) is 1.02. The number of rotatable bonds is 3. The maximum atomic E-state index is 13.4. The van der Waals surface area contributed by atoms with Crippen molar-refractivity contribution in [3.63, 3.8) is 0 Å². The van der Waals surface area contributed by atoms with E-state index in [2.05, 4.69) is 14.9 Å². The number of para-hydroxylation sites is 1. The average molecular weight is 426 g/mol. The number of aromatic nitrogens is 2. The van der Waals surface area contributed by atoms with Crippen LogP contribution >= 0.6 is 0 Å². The van der Waals surface area contributed by atoms with E-state index in [0.717, 1.165) is 5.56 Å². The average Bonchev–Trinajstić information content (AvgIpc) is 2.86. The van der Waals surface area contributed by atoms with E-state index < -0.39 is 0 Å². The molecule has 7 heteroatoms. The first kappa shape index (κ1) is 19.9. The highest BCUT2D eigenvalue weighted by Crippen LogP contribution is 2.28. The summed E-state index contributed by atoms with van der Waals surface area (Å²) in [4.78, 5) is 38.9. The third-order valence-corrected chi connectivity index (χ3v) is 5.81. The van der Waals surface area contributed by atoms with Gasteiger partial charge in [0.25, 0.3) is 5.91 Å². The third-order valence-electron chi connectivity index (χ3n) is 5.81. The lowest BCUT2D eigenvalue weighted by molar-refractivity contribution is 0.0747. The van der Waals surface area contributed by atoms with E-state index in [4.69, 9.17) is 4.42 Å². The highest BCUT2D eigenvalue weighted by Gasteiger charge is 2.26. The van der Waals surface area contributed by atoms with Gasteiger partial charge in [0.2, 0.25) is 5.95 Å². The molecule has 1 aliphatic heterocycles. The second kappa shape index (κ2) is 8.26. The van der Waals surface area contributed by atoms with E-state index in [0.29, 0.717) is 60.0 Å². The van der Waals surface area contributed by atoms with Crippen LogP contribution in [0.5, 0.6) is 0 Å². The normalized spacial score (nSPS) is 14.0. The van der Waals surface area contributed by atoms with E-state index in [-0.39, 0.29) is 11.3 Å². The van der Waals surface area contributed by atoms with E-state index in [9.17, 15) is 9.59 Å². The van der Waals surface area contributed by atoms with Crippen molar-refractivity contribution in [3.8, 4) is 11.3 Å². The number of anilines is 1. The predicted octanol–water partition coefficient (Wildman–Crippen LogP) is 3.52. The van der Waals surface area contributed by atoms with Crippen molar-refractivity contribution in [1.29, 1.82) is 0 Å². The minimum Gasteiger partial charge on any atom is -0.455 e. The molecule has 160 valence electrons. The Morgan fingerprint density at radius 2 is 1.62 bits per heavy atom. The summed E-state index contributed by atoms with van der Waals surface area (Å²) in [6.45, 7) is 4.11. The van der Waals surface area contributed by atoms with Gasteiger partial charge in [0.1, 0.15) is 5.76 Å². The van der Waals surface area contributed by atoms with Crippen molar-refractivity contribution < 1.29 is 9.21 Å². The van der Waals surface area contributed by atoms with Gasteiger partial charge in [0.15, 0.2) is 11.0 Å². The second-order valence-corrected chi connectivity index (χ2v) is 7.76. The first-order valence-corrected chi connectivity index (χ1v) is 10.6. The molecule has 1 amide bonds. The number of amides is 1. The standard InChI is InChI=1S/C25H22N4O3/c1-17-21(30)19-9-5-10-20(23(19)32-22(17)18-7-3-2-4-8-18)24(31)28-13-15-29(16-14-28)25-26-11-6-12-27-25/h2-12H,13-16H2,1H3. The Balaban J connectivity index is 1.48. The van der Waals surface area contributed by atoms with Crippen molar-refractivity contribution in [3.05, 3.63) is 88.3 Å². The van der Waals surface area contributed by atoms with Crippen molar-refractivity contribution in [2.45, 2.75) is 6.92 Å². The van der Waals surface area contributed by atoms with Gasteiger partial charge in [-0.3, -0.25) is 9.59 Å². The SMILES string of the molecule is Cc1c(-c2ccccc2)oc2c(C(=O)N3CCN(c4ncccn4)CC3)cccc2c1=O. The van der Waals surface area contributed by atoms with Gasteiger partial charge in [-0.2, -0.15) is 0 Å². The number of benzene rings is 2. The Labute approximate surface area is 184 Å². The summed E-state index contributed by atoms with van der Waals surface area (Å²) in [6, 6.07) is 16.4. The molecular formula is C25H22N4O3. The zero-order chi connectivity index (χ0) is 22.1. The zero-order valence-corrected chi connectivity index (χ0v) is 17.7.